The first-order valence-electron chi connectivity index (χ1n) is 13.0. The Bertz CT molecular complexity index is 1900. The molecule has 0 saturated heterocycles. The Labute approximate surface area is 233 Å². The molecule has 2 heterocycles. The standard InChI is InChI=1S/C31H27FN4O5/c1-16(2)14-34-28(37)22-12-18(6-10-21(22)24-15-35-31(40)36-29(24)38)19-7-11-25-23(13-19)26(30(39)33-3)27(41-25)17-4-8-20(32)9-5-17/h4-13,15-16H,14H2,1-3H3,(H,33,39)(H,34,37)(H2,35,36,38,40). The lowest BCUT2D eigenvalue weighted by Crippen LogP contribution is -2.29. The molecule has 10 heteroatoms. The molecule has 9 nitrogen and oxygen atoms in total. The van der Waals surface area contributed by atoms with Crippen LogP contribution in [0.4, 0.5) is 4.39 Å². The van der Waals surface area contributed by atoms with Crippen LogP contribution in [0.3, 0.4) is 0 Å². The number of carbonyl (C=O) groups excluding carboxylic acids is 2. The Morgan fingerprint density at radius 2 is 1.59 bits per heavy atom. The van der Waals surface area contributed by atoms with Crippen molar-refractivity contribution in [1.82, 2.24) is 20.6 Å². The molecule has 0 bridgehead atoms. The van der Waals surface area contributed by atoms with Gasteiger partial charge in [0.2, 0.25) is 0 Å². The van der Waals surface area contributed by atoms with E-state index in [2.05, 4.69) is 20.6 Å². The third-order valence-corrected chi connectivity index (χ3v) is 6.63. The van der Waals surface area contributed by atoms with Crippen LogP contribution in [-0.4, -0.2) is 35.4 Å². The number of fused-ring (bicyclic) bond motifs is 1. The number of aromatic amines is 2. The number of amides is 2. The number of furan rings is 1. The summed E-state index contributed by atoms with van der Waals surface area (Å²) >= 11 is 0. The predicted octanol–water partition coefficient (Wildman–Crippen LogP) is 4.69. The maximum atomic E-state index is 13.6. The minimum Gasteiger partial charge on any atom is -0.455 e. The molecule has 2 aromatic heterocycles. The number of nitrogens with one attached hydrogen (secondary N) is 4. The molecule has 3 aromatic carbocycles. The van der Waals surface area contributed by atoms with Gasteiger partial charge in [-0.05, 0) is 59.5 Å². The molecule has 2 amide bonds. The van der Waals surface area contributed by atoms with E-state index in [1.165, 1.54) is 25.4 Å². The third kappa shape index (κ3) is 5.44. The third-order valence-electron chi connectivity index (χ3n) is 6.63. The molecule has 208 valence electrons. The monoisotopic (exact) mass is 554 g/mol. The average molecular weight is 555 g/mol. The Kier molecular flexibility index (Phi) is 7.39. The normalized spacial score (nSPS) is 11.1. The second-order valence-corrected chi connectivity index (χ2v) is 9.95. The highest BCUT2D eigenvalue weighted by Gasteiger charge is 2.23. The van der Waals surface area contributed by atoms with Crippen LogP contribution in [0.5, 0.6) is 0 Å². The zero-order chi connectivity index (χ0) is 29.3. The van der Waals surface area contributed by atoms with Gasteiger partial charge in [0.05, 0.1) is 11.1 Å². The molecular formula is C31H27FN4O5. The molecule has 0 saturated carbocycles. The number of hydrogen-bond acceptors (Lipinski definition) is 5. The van der Waals surface area contributed by atoms with Gasteiger partial charge in [0.1, 0.15) is 17.2 Å². The summed E-state index contributed by atoms with van der Waals surface area (Å²) in [4.78, 5) is 55.1. The Morgan fingerprint density at radius 3 is 2.27 bits per heavy atom. The first-order chi connectivity index (χ1) is 19.7. The molecule has 0 spiro atoms. The summed E-state index contributed by atoms with van der Waals surface area (Å²) in [6.07, 6.45) is 1.28. The minimum atomic E-state index is -0.651. The van der Waals surface area contributed by atoms with Crippen molar-refractivity contribution in [3.8, 4) is 33.6 Å². The fraction of sp³-hybridized carbons (Fsp3) is 0.161. The van der Waals surface area contributed by atoms with Crippen molar-refractivity contribution in [2.75, 3.05) is 13.6 Å². The minimum absolute atomic E-state index is 0.141. The highest BCUT2D eigenvalue weighted by Crippen LogP contribution is 2.37. The number of carbonyl (C=O) groups is 2. The van der Waals surface area contributed by atoms with E-state index in [4.69, 9.17) is 4.42 Å². The lowest BCUT2D eigenvalue weighted by Gasteiger charge is -2.13. The zero-order valence-corrected chi connectivity index (χ0v) is 22.6. The Morgan fingerprint density at radius 1 is 0.902 bits per heavy atom. The second kappa shape index (κ2) is 11.1. The van der Waals surface area contributed by atoms with Gasteiger partial charge in [-0.2, -0.15) is 0 Å². The lowest BCUT2D eigenvalue weighted by molar-refractivity contribution is 0.0946. The number of benzene rings is 3. The smallest absolute Gasteiger partial charge is 0.325 e. The topological polar surface area (TPSA) is 137 Å². The average Bonchev–Trinajstić information content (AvgIpc) is 3.34. The van der Waals surface area contributed by atoms with E-state index >= 15 is 0 Å². The van der Waals surface area contributed by atoms with Crippen LogP contribution in [0.1, 0.15) is 34.6 Å². The molecule has 0 atom stereocenters. The molecule has 4 N–H and O–H groups in total. The molecule has 41 heavy (non-hydrogen) atoms. The van der Waals surface area contributed by atoms with Crippen molar-refractivity contribution in [2.45, 2.75) is 13.8 Å². The maximum absolute atomic E-state index is 13.6. The molecule has 0 aliphatic heterocycles. The second-order valence-electron chi connectivity index (χ2n) is 9.95. The summed E-state index contributed by atoms with van der Waals surface area (Å²) in [7, 11) is 1.51. The molecule has 0 fully saturated rings. The molecule has 0 aliphatic carbocycles. The molecule has 0 radical (unpaired) electrons. The van der Waals surface area contributed by atoms with Gasteiger partial charge in [0, 0.05) is 41.9 Å². The summed E-state index contributed by atoms with van der Waals surface area (Å²) in [5, 5.41) is 6.06. The van der Waals surface area contributed by atoms with Crippen LogP contribution in [0.2, 0.25) is 0 Å². The van der Waals surface area contributed by atoms with Crippen molar-refractivity contribution in [3.05, 3.63) is 105 Å². The number of hydrogen-bond donors (Lipinski definition) is 4. The van der Waals surface area contributed by atoms with Crippen LogP contribution < -0.4 is 21.9 Å². The Balaban J connectivity index is 1.66. The number of halogens is 1. The van der Waals surface area contributed by atoms with Gasteiger partial charge in [-0.15, -0.1) is 0 Å². The van der Waals surface area contributed by atoms with Gasteiger partial charge >= 0.3 is 5.69 Å². The van der Waals surface area contributed by atoms with Gasteiger partial charge < -0.3 is 20.0 Å². The molecular weight excluding hydrogens is 527 g/mol. The van der Waals surface area contributed by atoms with Crippen LogP contribution in [-0.2, 0) is 0 Å². The summed E-state index contributed by atoms with van der Waals surface area (Å²) in [5.41, 5.74) is 2.09. The van der Waals surface area contributed by atoms with Crippen molar-refractivity contribution in [2.24, 2.45) is 5.92 Å². The summed E-state index contributed by atoms with van der Waals surface area (Å²) < 4.78 is 19.6. The van der Waals surface area contributed by atoms with Crippen molar-refractivity contribution < 1.29 is 18.4 Å². The highest BCUT2D eigenvalue weighted by atomic mass is 19.1. The quantitative estimate of drug-likeness (QED) is 0.231. The van der Waals surface area contributed by atoms with Gasteiger partial charge in [-0.25, -0.2) is 9.18 Å². The molecule has 5 aromatic rings. The number of H-pyrrole nitrogens is 2. The predicted molar refractivity (Wildman–Crippen MR) is 154 cm³/mol. The van der Waals surface area contributed by atoms with Crippen LogP contribution >= 0.6 is 0 Å². The summed E-state index contributed by atoms with van der Waals surface area (Å²) in [6.45, 7) is 4.36. The van der Waals surface area contributed by atoms with E-state index in [1.54, 1.807) is 48.5 Å². The molecule has 5 rings (SSSR count). The van der Waals surface area contributed by atoms with E-state index in [0.29, 0.717) is 51.1 Å². The van der Waals surface area contributed by atoms with Gasteiger partial charge in [-0.1, -0.05) is 32.0 Å². The molecule has 0 aliphatic rings. The SMILES string of the molecule is CNC(=O)c1c(-c2ccc(F)cc2)oc2ccc(-c3ccc(-c4c[nH]c(=O)[nH]c4=O)c(C(=O)NCC(C)C)c3)cc12. The van der Waals surface area contributed by atoms with Crippen LogP contribution in [0.25, 0.3) is 44.5 Å². The first-order valence-corrected chi connectivity index (χ1v) is 13.0. The van der Waals surface area contributed by atoms with E-state index in [9.17, 15) is 23.6 Å². The van der Waals surface area contributed by atoms with Crippen LogP contribution in [0, 0.1) is 11.7 Å². The van der Waals surface area contributed by atoms with E-state index in [1.807, 2.05) is 13.8 Å². The van der Waals surface area contributed by atoms with E-state index in [-0.39, 0.29) is 28.9 Å². The summed E-state index contributed by atoms with van der Waals surface area (Å²) in [5.74, 6) is -0.659. The highest BCUT2D eigenvalue weighted by molar-refractivity contribution is 6.12. The maximum Gasteiger partial charge on any atom is 0.325 e. The molecule has 0 unspecified atom stereocenters. The summed E-state index contributed by atoms with van der Waals surface area (Å²) in [6, 6.07) is 16.0. The van der Waals surface area contributed by atoms with Crippen molar-refractivity contribution in [3.63, 3.8) is 0 Å². The Hall–Kier alpha value is -5.25. The van der Waals surface area contributed by atoms with Crippen molar-refractivity contribution in [1.29, 1.82) is 0 Å². The van der Waals surface area contributed by atoms with Gasteiger partial charge in [-0.3, -0.25) is 19.4 Å². The van der Waals surface area contributed by atoms with Crippen LogP contribution in [0.15, 0.2) is 80.9 Å². The number of aromatic nitrogens is 2. The van der Waals surface area contributed by atoms with Gasteiger partial charge in [0.25, 0.3) is 17.4 Å². The van der Waals surface area contributed by atoms with Crippen molar-refractivity contribution >= 4 is 22.8 Å². The van der Waals surface area contributed by atoms with E-state index < -0.39 is 17.1 Å². The van der Waals surface area contributed by atoms with Gasteiger partial charge in [0.15, 0.2) is 0 Å². The zero-order valence-electron chi connectivity index (χ0n) is 22.6. The largest absolute Gasteiger partial charge is 0.455 e. The fourth-order valence-electron chi connectivity index (χ4n) is 4.58. The van der Waals surface area contributed by atoms with E-state index in [0.717, 1.165) is 0 Å². The fourth-order valence-corrected chi connectivity index (χ4v) is 4.58. The lowest BCUT2D eigenvalue weighted by atomic mass is 9.94. The first kappa shape index (κ1) is 27.3. The number of rotatable bonds is 7.